The van der Waals surface area contributed by atoms with Crippen molar-refractivity contribution in [3.05, 3.63) is 34.0 Å². The Morgan fingerprint density at radius 2 is 2.15 bits per heavy atom. The van der Waals surface area contributed by atoms with E-state index >= 15 is 0 Å². The van der Waals surface area contributed by atoms with Gasteiger partial charge in [0, 0.05) is 17.6 Å². The van der Waals surface area contributed by atoms with Crippen molar-refractivity contribution >= 4 is 22.9 Å². The number of hydrogen-bond donors (Lipinski definition) is 1. The zero-order valence-corrected chi connectivity index (χ0v) is 10.8. The van der Waals surface area contributed by atoms with Gasteiger partial charge in [-0.2, -0.15) is 5.10 Å². The Morgan fingerprint density at radius 1 is 1.40 bits per heavy atom. The normalized spacial score (nSPS) is 16.4. The molecule has 0 bridgehead atoms. The van der Waals surface area contributed by atoms with Crippen molar-refractivity contribution in [3.63, 3.8) is 0 Å². The third-order valence-corrected chi connectivity index (χ3v) is 3.68. The lowest BCUT2D eigenvalue weighted by Crippen LogP contribution is -2.29. The van der Waals surface area contributed by atoms with Gasteiger partial charge in [0.15, 0.2) is 6.29 Å². The lowest BCUT2D eigenvalue weighted by molar-refractivity contribution is -0.384. The van der Waals surface area contributed by atoms with Crippen LogP contribution in [0.4, 0.5) is 5.69 Å². The van der Waals surface area contributed by atoms with Crippen LogP contribution in [0.2, 0.25) is 0 Å². The molecule has 0 radical (unpaired) electrons. The van der Waals surface area contributed by atoms with E-state index in [1.54, 1.807) is 0 Å². The van der Waals surface area contributed by atoms with E-state index in [1.807, 2.05) is 10.9 Å². The first-order valence-corrected chi connectivity index (χ1v) is 6.52. The molecule has 0 spiro atoms. The molecule has 2 aromatic rings. The van der Waals surface area contributed by atoms with Gasteiger partial charge in [0.05, 0.1) is 22.0 Å². The van der Waals surface area contributed by atoms with E-state index in [1.165, 1.54) is 12.1 Å². The van der Waals surface area contributed by atoms with Crippen molar-refractivity contribution in [2.75, 3.05) is 13.1 Å². The highest BCUT2D eigenvalue weighted by Crippen LogP contribution is 2.26. The molecule has 0 amide bonds. The Morgan fingerprint density at radius 3 is 2.80 bits per heavy atom. The number of carbonyl (C=O) groups excluding carboxylic acids is 1. The number of nitro groups is 1. The summed E-state index contributed by atoms with van der Waals surface area (Å²) in [5, 5.41) is 19.4. The van der Waals surface area contributed by atoms with Crippen LogP contribution in [0.1, 0.15) is 29.2 Å². The van der Waals surface area contributed by atoms with Crippen LogP contribution >= 0.6 is 0 Å². The number of benzene rings is 1. The van der Waals surface area contributed by atoms with Gasteiger partial charge in [-0.05, 0) is 32.0 Å². The summed E-state index contributed by atoms with van der Waals surface area (Å²) >= 11 is 0. The number of fused-ring (bicyclic) bond motifs is 1. The molecule has 1 N–H and O–H groups in total. The number of piperidine rings is 1. The lowest BCUT2D eigenvalue weighted by atomic mass is 10.1. The van der Waals surface area contributed by atoms with Gasteiger partial charge in [-0.1, -0.05) is 0 Å². The summed E-state index contributed by atoms with van der Waals surface area (Å²) in [6.45, 7) is 1.89. The minimum Gasteiger partial charge on any atom is -0.317 e. The molecule has 20 heavy (non-hydrogen) atoms. The minimum absolute atomic E-state index is 0.0676. The fraction of sp³-hybridized carbons (Fsp3) is 0.385. The second kappa shape index (κ2) is 5.01. The molecule has 1 fully saturated rings. The number of nitro benzene ring substituents is 1. The number of aromatic nitrogens is 2. The van der Waals surface area contributed by atoms with Crippen molar-refractivity contribution in [3.8, 4) is 0 Å². The standard InChI is InChI=1S/C13H14N4O3/c18-8-10-5-12-9(6-13(10)17(19)20)7-16(15-12)11-1-3-14-4-2-11/h5-8,11,14H,1-4H2. The molecule has 0 aliphatic carbocycles. The van der Waals surface area contributed by atoms with E-state index < -0.39 is 4.92 Å². The maximum Gasteiger partial charge on any atom is 0.280 e. The molecule has 104 valence electrons. The average molecular weight is 274 g/mol. The molecule has 7 nitrogen and oxygen atoms in total. The van der Waals surface area contributed by atoms with Crippen LogP contribution in [-0.4, -0.2) is 34.1 Å². The highest BCUT2D eigenvalue weighted by molar-refractivity contribution is 5.91. The van der Waals surface area contributed by atoms with Crippen LogP contribution in [0.15, 0.2) is 18.3 Å². The first kappa shape index (κ1) is 12.7. The number of nitrogens with one attached hydrogen (secondary N) is 1. The summed E-state index contributed by atoms with van der Waals surface area (Å²) in [6, 6.07) is 3.21. The molecular weight excluding hydrogens is 260 g/mol. The molecular formula is C13H14N4O3. The highest BCUT2D eigenvalue weighted by atomic mass is 16.6. The van der Waals surface area contributed by atoms with Crippen molar-refractivity contribution in [1.29, 1.82) is 0 Å². The summed E-state index contributed by atoms with van der Waals surface area (Å²) in [5.74, 6) is 0. The predicted octanol–water partition coefficient (Wildman–Crippen LogP) is 1.68. The zero-order chi connectivity index (χ0) is 14.1. The third kappa shape index (κ3) is 2.16. The Labute approximate surface area is 114 Å². The van der Waals surface area contributed by atoms with Gasteiger partial charge in [-0.25, -0.2) is 0 Å². The Kier molecular flexibility index (Phi) is 3.19. The van der Waals surface area contributed by atoms with Gasteiger partial charge in [-0.15, -0.1) is 0 Å². The molecule has 7 heteroatoms. The van der Waals surface area contributed by atoms with Crippen molar-refractivity contribution in [2.24, 2.45) is 0 Å². The van der Waals surface area contributed by atoms with E-state index in [-0.39, 0.29) is 11.3 Å². The average Bonchev–Trinajstić information content (AvgIpc) is 2.89. The summed E-state index contributed by atoms with van der Waals surface area (Å²) in [4.78, 5) is 21.3. The van der Waals surface area contributed by atoms with E-state index in [0.29, 0.717) is 23.2 Å². The molecule has 0 saturated carbocycles. The fourth-order valence-corrected chi connectivity index (χ4v) is 2.61. The monoisotopic (exact) mass is 274 g/mol. The van der Waals surface area contributed by atoms with Crippen molar-refractivity contribution in [1.82, 2.24) is 15.1 Å². The van der Waals surface area contributed by atoms with Crippen LogP contribution < -0.4 is 5.32 Å². The second-order valence-corrected chi connectivity index (χ2v) is 4.94. The Bertz CT molecular complexity index is 674. The molecule has 0 atom stereocenters. The molecule has 1 saturated heterocycles. The molecule has 1 aromatic carbocycles. The number of carbonyl (C=O) groups is 1. The molecule has 2 heterocycles. The predicted molar refractivity (Wildman–Crippen MR) is 72.9 cm³/mol. The summed E-state index contributed by atoms with van der Waals surface area (Å²) in [6.07, 6.45) is 4.29. The van der Waals surface area contributed by atoms with Crippen molar-refractivity contribution < 1.29 is 9.72 Å². The van der Waals surface area contributed by atoms with Gasteiger partial charge in [0.25, 0.3) is 5.69 Å². The number of aldehydes is 1. The van der Waals surface area contributed by atoms with Gasteiger partial charge in [-0.3, -0.25) is 19.6 Å². The van der Waals surface area contributed by atoms with Crippen molar-refractivity contribution in [2.45, 2.75) is 18.9 Å². The Balaban J connectivity index is 2.06. The zero-order valence-electron chi connectivity index (χ0n) is 10.8. The maximum absolute atomic E-state index is 10.9. The van der Waals surface area contributed by atoms with Gasteiger partial charge in [0.1, 0.15) is 0 Å². The van der Waals surface area contributed by atoms with E-state index in [9.17, 15) is 14.9 Å². The largest absolute Gasteiger partial charge is 0.317 e. The maximum atomic E-state index is 10.9. The van der Waals surface area contributed by atoms with Crippen LogP contribution in [-0.2, 0) is 0 Å². The van der Waals surface area contributed by atoms with Gasteiger partial charge >= 0.3 is 0 Å². The Hall–Kier alpha value is -2.28. The third-order valence-electron chi connectivity index (χ3n) is 3.68. The van der Waals surface area contributed by atoms with Gasteiger partial charge < -0.3 is 5.32 Å². The number of rotatable bonds is 3. The molecule has 1 aliphatic rings. The van der Waals surface area contributed by atoms with Crippen LogP contribution in [0, 0.1) is 10.1 Å². The minimum atomic E-state index is -0.537. The van der Waals surface area contributed by atoms with Crippen LogP contribution in [0.3, 0.4) is 0 Å². The van der Waals surface area contributed by atoms with Gasteiger partial charge in [0.2, 0.25) is 0 Å². The van der Waals surface area contributed by atoms with E-state index in [2.05, 4.69) is 10.4 Å². The number of nitrogens with zero attached hydrogens (tertiary/aromatic N) is 3. The summed E-state index contributed by atoms with van der Waals surface area (Å²) < 4.78 is 1.86. The quantitative estimate of drug-likeness (QED) is 0.522. The van der Waals surface area contributed by atoms with Crippen LogP contribution in [0.25, 0.3) is 10.9 Å². The molecule has 0 unspecified atom stereocenters. The number of hydrogen-bond acceptors (Lipinski definition) is 5. The topological polar surface area (TPSA) is 90.1 Å². The summed E-state index contributed by atoms with van der Waals surface area (Å²) in [7, 11) is 0. The van der Waals surface area contributed by atoms with E-state index in [0.717, 1.165) is 25.9 Å². The van der Waals surface area contributed by atoms with E-state index in [4.69, 9.17) is 0 Å². The molecule has 1 aromatic heterocycles. The smallest absolute Gasteiger partial charge is 0.280 e. The first-order valence-electron chi connectivity index (χ1n) is 6.52. The SMILES string of the molecule is O=Cc1cc2nn(C3CCNCC3)cc2cc1[N+](=O)[O-]. The first-order chi connectivity index (χ1) is 9.69. The second-order valence-electron chi connectivity index (χ2n) is 4.94. The molecule has 3 rings (SSSR count). The lowest BCUT2D eigenvalue weighted by Gasteiger charge is -2.22. The fourth-order valence-electron chi connectivity index (χ4n) is 2.61. The molecule has 1 aliphatic heterocycles. The highest BCUT2D eigenvalue weighted by Gasteiger charge is 2.19. The summed E-state index contributed by atoms with van der Waals surface area (Å²) in [5.41, 5.74) is 0.520. The van der Waals surface area contributed by atoms with Crippen LogP contribution in [0.5, 0.6) is 0 Å².